The summed E-state index contributed by atoms with van der Waals surface area (Å²) in [5.41, 5.74) is 0.893. The standard InChI is InChI=1S/C19H19N3O4/c1-13(26-15-4-3-5-20-10-15)11-22-7-6-21-19(22)14-8-16(23-2)18-17(9-14)24-12-25-18/h3-10,13H,11-12H2,1-2H3. The molecule has 1 unspecified atom stereocenters. The van der Waals surface area contributed by atoms with Gasteiger partial charge in [-0.2, -0.15) is 0 Å². The van der Waals surface area contributed by atoms with Crippen LogP contribution in [0.5, 0.6) is 23.0 Å². The van der Waals surface area contributed by atoms with E-state index in [4.69, 9.17) is 18.9 Å². The molecule has 1 aromatic carbocycles. The SMILES string of the molecule is COc1cc(-c2nccn2CC(C)Oc2cccnc2)cc2c1OCO2. The first-order chi connectivity index (χ1) is 12.7. The zero-order chi connectivity index (χ0) is 17.9. The van der Waals surface area contributed by atoms with Gasteiger partial charge in [-0.05, 0) is 31.2 Å². The van der Waals surface area contributed by atoms with Gasteiger partial charge in [-0.15, -0.1) is 0 Å². The molecule has 0 aliphatic carbocycles. The normalized spacial score (nSPS) is 13.5. The average Bonchev–Trinajstić information content (AvgIpc) is 3.30. The zero-order valence-corrected chi connectivity index (χ0v) is 14.6. The highest BCUT2D eigenvalue weighted by Gasteiger charge is 2.22. The number of ether oxygens (including phenoxy) is 4. The second kappa shape index (κ2) is 6.95. The molecule has 0 bridgehead atoms. The number of benzene rings is 1. The number of aromatic nitrogens is 3. The van der Waals surface area contributed by atoms with Gasteiger partial charge in [-0.1, -0.05) is 0 Å². The molecule has 1 aliphatic heterocycles. The largest absolute Gasteiger partial charge is 0.493 e. The smallest absolute Gasteiger partial charge is 0.231 e. The summed E-state index contributed by atoms with van der Waals surface area (Å²) in [6, 6.07) is 7.56. The molecule has 0 saturated heterocycles. The van der Waals surface area contributed by atoms with E-state index in [0.29, 0.717) is 23.8 Å². The Labute approximate surface area is 151 Å². The molecule has 3 aromatic rings. The van der Waals surface area contributed by atoms with Gasteiger partial charge < -0.3 is 23.5 Å². The fourth-order valence-corrected chi connectivity index (χ4v) is 2.94. The molecule has 1 aliphatic rings. The Bertz CT molecular complexity index is 895. The van der Waals surface area contributed by atoms with E-state index < -0.39 is 0 Å². The van der Waals surface area contributed by atoms with Gasteiger partial charge in [-0.25, -0.2) is 4.98 Å². The molecule has 2 aromatic heterocycles. The lowest BCUT2D eigenvalue weighted by Crippen LogP contribution is -2.19. The van der Waals surface area contributed by atoms with Crippen LogP contribution in [0.4, 0.5) is 0 Å². The minimum absolute atomic E-state index is 0.0527. The summed E-state index contributed by atoms with van der Waals surface area (Å²) in [5.74, 6) is 3.47. The van der Waals surface area contributed by atoms with Gasteiger partial charge in [0.1, 0.15) is 17.7 Å². The van der Waals surface area contributed by atoms with Crippen molar-refractivity contribution in [3.8, 4) is 34.4 Å². The fraction of sp³-hybridized carbons (Fsp3) is 0.263. The zero-order valence-electron chi connectivity index (χ0n) is 14.6. The van der Waals surface area contributed by atoms with Crippen LogP contribution in [0.25, 0.3) is 11.4 Å². The maximum atomic E-state index is 5.92. The molecule has 0 fully saturated rings. The Balaban J connectivity index is 1.57. The lowest BCUT2D eigenvalue weighted by molar-refractivity contribution is 0.171. The summed E-state index contributed by atoms with van der Waals surface area (Å²) in [5, 5.41) is 0. The molecule has 0 spiro atoms. The van der Waals surface area contributed by atoms with Crippen molar-refractivity contribution in [2.45, 2.75) is 19.6 Å². The third-order valence-corrected chi connectivity index (χ3v) is 4.06. The van der Waals surface area contributed by atoms with Crippen molar-refractivity contribution in [2.75, 3.05) is 13.9 Å². The highest BCUT2D eigenvalue weighted by Crippen LogP contribution is 2.43. The van der Waals surface area contributed by atoms with Crippen LogP contribution in [0.1, 0.15) is 6.92 Å². The highest BCUT2D eigenvalue weighted by molar-refractivity contribution is 5.67. The quantitative estimate of drug-likeness (QED) is 0.678. The molecule has 7 nitrogen and oxygen atoms in total. The van der Waals surface area contributed by atoms with Crippen LogP contribution in [0.15, 0.2) is 49.1 Å². The molecule has 134 valence electrons. The Morgan fingerprint density at radius 1 is 1.27 bits per heavy atom. The van der Waals surface area contributed by atoms with Crippen molar-refractivity contribution >= 4 is 0 Å². The molecule has 0 radical (unpaired) electrons. The van der Waals surface area contributed by atoms with Gasteiger partial charge in [0.2, 0.25) is 12.5 Å². The minimum atomic E-state index is -0.0527. The third-order valence-electron chi connectivity index (χ3n) is 4.06. The van der Waals surface area contributed by atoms with Crippen LogP contribution in [0.2, 0.25) is 0 Å². The Morgan fingerprint density at radius 2 is 2.19 bits per heavy atom. The van der Waals surface area contributed by atoms with Crippen molar-refractivity contribution in [2.24, 2.45) is 0 Å². The average molecular weight is 353 g/mol. The minimum Gasteiger partial charge on any atom is -0.493 e. The molecular weight excluding hydrogens is 334 g/mol. The molecule has 0 amide bonds. The van der Waals surface area contributed by atoms with Crippen LogP contribution in [-0.2, 0) is 6.54 Å². The van der Waals surface area contributed by atoms with Gasteiger partial charge in [0.15, 0.2) is 11.5 Å². The Hall–Kier alpha value is -3.22. The lowest BCUT2D eigenvalue weighted by atomic mass is 10.1. The van der Waals surface area contributed by atoms with Crippen molar-refractivity contribution in [1.82, 2.24) is 14.5 Å². The second-order valence-corrected chi connectivity index (χ2v) is 5.93. The van der Waals surface area contributed by atoms with Gasteiger partial charge in [0, 0.05) is 24.2 Å². The van der Waals surface area contributed by atoms with Gasteiger partial charge >= 0.3 is 0 Å². The van der Waals surface area contributed by atoms with E-state index in [1.165, 1.54) is 0 Å². The van der Waals surface area contributed by atoms with E-state index in [1.54, 1.807) is 25.7 Å². The van der Waals surface area contributed by atoms with E-state index in [2.05, 4.69) is 9.97 Å². The summed E-state index contributed by atoms with van der Waals surface area (Å²) in [4.78, 5) is 8.56. The number of nitrogens with zero attached hydrogens (tertiary/aromatic N) is 3. The van der Waals surface area contributed by atoms with Crippen molar-refractivity contribution in [1.29, 1.82) is 0 Å². The summed E-state index contributed by atoms with van der Waals surface area (Å²) in [7, 11) is 1.61. The lowest BCUT2D eigenvalue weighted by Gasteiger charge is -2.17. The summed E-state index contributed by atoms with van der Waals surface area (Å²) >= 11 is 0. The maximum Gasteiger partial charge on any atom is 0.231 e. The first-order valence-corrected chi connectivity index (χ1v) is 8.30. The highest BCUT2D eigenvalue weighted by atomic mass is 16.7. The summed E-state index contributed by atoms with van der Waals surface area (Å²) < 4.78 is 24.3. The van der Waals surface area contributed by atoms with E-state index in [1.807, 2.05) is 42.0 Å². The second-order valence-electron chi connectivity index (χ2n) is 5.93. The number of fused-ring (bicyclic) bond motifs is 1. The molecule has 7 heteroatoms. The number of methoxy groups -OCH3 is 1. The number of hydrogen-bond donors (Lipinski definition) is 0. The summed E-state index contributed by atoms with van der Waals surface area (Å²) in [6.07, 6.45) is 7.06. The van der Waals surface area contributed by atoms with Gasteiger partial charge in [-0.3, -0.25) is 4.98 Å². The number of rotatable bonds is 6. The van der Waals surface area contributed by atoms with Crippen molar-refractivity contribution < 1.29 is 18.9 Å². The first kappa shape index (κ1) is 16.3. The van der Waals surface area contributed by atoms with E-state index in [-0.39, 0.29) is 12.9 Å². The topological polar surface area (TPSA) is 67.6 Å². The molecule has 4 rings (SSSR count). The number of imidazole rings is 1. The van der Waals surface area contributed by atoms with Crippen molar-refractivity contribution in [3.63, 3.8) is 0 Å². The predicted molar refractivity (Wildman–Crippen MR) is 94.7 cm³/mol. The fourth-order valence-electron chi connectivity index (χ4n) is 2.94. The van der Waals surface area contributed by atoms with Crippen LogP contribution in [-0.4, -0.2) is 34.5 Å². The molecule has 3 heterocycles. The van der Waals surface area contributed by atoms with Gasteiger partial charge in [0.05, 0.1) is 19.9 Å². The van der Waals surface area contributed by atoms with Crippen LogP contribution in [0, 0.1) is 0 Å². The van der Waals surface area contributed by atoms with E-state index >= 15 is 0 Å². The van der Waals surface area contributed by atoms with Crippen LogP contribution in [0.3, 0.4) is 0 Å². The maximum absolute atomic E-state index is 5.92. The monoisotopic (exact) mass is 353 g/mol. The number of pyridine rings is 1. The molecule has 1 atom stereocenters. The molecule has 26 heavy (non-hydrogen) atoms. The van der Waals surface area contributed by atoms with Crippen LogP contribution < -0.4 is 18.9 Å². The first-order valence-electron chi connectivity index (χ1n) is 8.30. The van der Waals surface area contributed by atoms with E-state index in [9.17, 15) is 0 Å². The van der Waals surface area contributed by atoms with E-state index in [0.717, 1.165) is 17.1 Å². The molecule has 0 N–H and O–H groups in total. The van der Waals surface area contributed by atoms with Gasteiger partial charge in [0.25, 0.3) is 0 Å². The third kappa shape index (κ3) is 3.15. The Morgan fingerprint density at radius 3 is 3.00 bits per heavy atom. The predicted octanol–water partition coefficient (Wildman–Crippen LogP) is 3.15. The number of hydrogen-bond acceptors (Lipinski definition) is 6. The molecule has 0 saturated carbocycles. The summed E-state index contributed by atoms with van der Waals surface area (Å²) in [6.45, 7) is 2.84. The van der Waals surface area contributed by atoms with Crippen molar-refractivity contribution in [3.05, 3.63) is 49.1 Å². The van der Waals surface area contributed by atoms with Crippen LogP contribution >= 0.6 is 0 Å². The Kier molecular flexibility index (Phi) is 4.35. The molecular formula is C19H19N3O4.